The molecule has 1 aromatic rings. The molecule has 0 saturated carbocycles. The van der Waals surface area contributed by atoms with Gasteiger partial charge in [-0.3, -0.25) is 9.59 Å². The second-order valence-electron chi connectivity index (χ2n) is 6.92. The summed E-state index contributed by atoms with van der Waals surface area (Å²) in [5, 5.41) is 5.65. The van der Waals surface area contributed by atoms with Crippen LogP contribution in [0.15, 0.2) is 42.1 Å². The molecule has 0 spiro atoms. The van der Waals surface area contributed by atoms with Crippen molar-refractivity contribution in [3.05, 3.63) is 58.8 Å². The van der Waals surface area contributed by atoms with Crippen LogP contribution >= 0.6 is 0 Å². The fourth-order valence-electron chi connectivity index (χ4n) is 3.66. The fraction of sp³-hybridized carbons (Fsp3) is 0.400. The van der Waals surface area contributed by atoms with Crippen molar-refractivity contribution in [2.45, 2.75) is 38.3 Å². The molecule has 3 aliphatic rings. The van der Waals surface area contributed by atoms with Crippen LogP contribution in [-0.4, -0.2) is 35.8 Å². The molecule has 1 saturated heterocycles. The SMILES string of the molecule is O=C1CCC(C(=O)NCc2ccc3c(c2)CCN(C2=CC=C2)CC3)N1. The maximum Gasteiger partial charge on any atom is 0.242 e. The Bertz CT molecular complexity index is 766. The van der Waals surface area contributed by atoms with Gasteiger partial charge in [0, 0.05) is 31.8 Å². The third-order valence-corrected chi connectivity index (χ3v) is 5.25. The van der Waals surface area contributed by atoms with Crippen LogP contribution in [-0.2, 0) is 29.0 Å². The first-order valence-corrected chi connectivity index (χ1v) is 9.00. The topological polar surface area (TPSA) is 61.4 Å². The number of rotatable bonds is 4. The minimum atomic E-state index is -0.370. The number of hydrogen-bond donors (Lipinski definition) is 2. The molecule has 0 bridgehead atoms. The molecular weight excluding hydrogens is 314 g/mol. The van der Waals surface area contributed by atoms with Crippen molar-refractivity contribution in [3.63, 3.8) is 0 Å². The Morgan fingerprint density at radius 3 is 2.68 bits per heavy atom. The van der Waals surface area contributed by atoms with E-state index in [0.29, 0.717) is 19.4 Å². The molecular formula is C20H23N3O2. The minimum absolute atomic E-state index is 0.0360. The van der Waals surface area contributed by atoms with Crippen LogP contribution in [0, 0.1) is 0 Å². The number of allylic oxidation sites excluding steroid dienone is 3. The predicted molar refractivity (Wildman–Crippen MR) is 95.7 cm³/mol. The minimum Gasteiger partial charge on any atom is -0.371 e. The van der Waals surface area contributed by atoms with Gasteiger partial charge in [0.2, 0.25) is 11.8 Å². The number of fused-ring (bicyclic) bond motifs is 1. The monoisotopic (exact) mass is 337 g/mol. The quantitative estimate of drug-likeness (QED) is 0.874. The molecule has 2 aliphatic heterocycles. The highest BCUT2D eigenvalue weighted by Crippen LogP contribution is 2.22. The van der Waals surface area contributed by atoms with Gasteiger partial charge < -0.3 is 15.5 Å². The summed E-state index contributed by atoms with van der Waals surface area (Å²) in [6.45, 7) is 2.60. The molecule has 5 heteroatoms. The van der Waals surface area contributed by atoms with Crippen LogP contribution in [0.4, 0.5) is 0 Å². The highest BCUT2D eigenvalue weighted by Gasteiger charge is 2.26. The summed E-state index contributed by atoms with van der Waals surface area (Å²) in [5.41, 5.74) is 5.24. The number of amides is 2. The highest BCUT2D eigenvalue weighted by molar-refractivity contribution is 5.90. The van der Waals surface area contributed by atoms with E-state index in [9.17, 15) is 9.59 Å². The maximum atomic E-state index is 12.1. The normalized spacial score (nSPS) is 21.8. The van der Waals surface area contributed by atoms with E-state index in [1.165, 1.54) is 16.8 Å². The summed E-state index contributed by atoms with van der Waals surface area (Å²) in [4.78, 5) is 25.8. The molecule has 1 aromatic carbocycles. The van der Waals surface area contributed by atoms with Gasteiger partial charge in [0.1, 0.15) is 6.04 Å². The van der Waals surface area contributed by atoms with Gasteiger partial charge in [0.15, 0.2) is 0 Å². The first-order chi connectivity index (χ1) is 12.2. The molecule has 1 aliphatic carbocycles. The van der Waals surface area contributed by atoms with E-state index in [-0.39, 0.29) is 17.9 Å². The summed E-state index contributed by atoms with van der Waals surface area (Å²) in [7, 11) is 0. The molecule has 2 amide bonds. The molecule has 2 heterocycles. The Kier molecular flexibility index (Phi) is 4.30. The standard InChI is InChI=1S/C20H23N3O2/c24-19-7-6-18(22-19)20(25)21-13-14-4-5-15-8-10-23(17-2-1-3-17)11-9-16(15)12-14/h1-5,12,18H,6-11,13H2,(H,21,25)(H,22,24). The van der Waals surface area contributed by atoms with Gasteiger partial charge in [-0.05, 0) is 48.1 Å². The molecule has 25 heavy (non-hydrogen) atoms. The zero-order chi connectivity index (χ0) is 17.2. The van der Waals surface area contributed by atoms with Gasteiger partial charge in [-0.15, -0.1) is 0 Å². The van der Waals surface area contributed by atoms with Crippen LogP contribution in [0.1, 0.15) is 29.5 Å². The first-order valence-electron chi connectivity index (χ1n) is 9.00. The second-order valence-corrected chi connectivity index (χ2v) is 6.92. The predicted octanol–water partition coefficient (Wildman–Crippen LogP) is 1.44. The Balaban J connectivity index is 1.36. The third kappa shape index (κ3) is 3.45. The summed E-state index contributed by atoms with van der Waals surface area (Å²) in [5.74, 6) is -0.123. The Hall–Kier alpha value is -2.56. The maximum absolute atomic E-state index is 12.1. The van der Waals surface area contributed by atoms with E-state index in [2.05, 4.69) is 52.0 Å². The van der Waals surface area contributed by atoms with Crippen molar-refractivity contribution in [1.29, 1.82) is 0 Å². The largest absolute Gasteiger partial charge is 0.371 e. The number of carbonyl (C=O) groups is 2. The number of benzene rings is 1. The third-order valence-electron chi connectivity index (χ3n) is 5.25. The van der Waals surface area contributed by atoms with Crippen molar-refractivity contribution in [1.82, 2.24) is 15.5 Å². The van der Waals surface area contributed by atoms with E-state index in [0.717, 1.165) is 31.5 Å². The number of nitrogens with zero attached hydrogens (tertiary/aromatic N) is 1. The lowest BCUT2D eigenvalue weighted by Gasteiger charge is -2.26. The molecule has 4 rings (SSSR count). The van der Waals surface area contributed by atoms with E-state index < -0.39 is 0 Å². The zero-order valence-electron chi connectivity index (χ0n) is 14.3. The van der Waals surface area contributed by atoms with Crippen molar-refractivity contribution in [2.75, 3.05) is 13.1 Å². The lowest BCUT2D eigenvalue weighted by Crippen LogP contribution is -2.41. The Morgan fingerprint density at radius 1 is 1.20 bits per heavy atom. The van der Waals surface area contributed by atoms with Gasteiger partial charge in [-0.2, -0.15) is 0 Å². The van der Waals surface area contributed by atoms with Crippen molar-refractivity contribution in [3.8, 4) is 0 Å². The number of carbonyl (C=O) groups excluding carboxylic acids is 2. The van der Waals surface area contributed by atoms with E-state index in [1.807, 2.05) is 0 Å². The van der Waals surface area contributed by atoms with Crippen molar-refractivity contribution in [2.24, 2.45) is 0 Å². The average Bonchev–Trinajstić information content (AvgIpc) is 2.90. The van der Waals surface area contributed by atoms with E-state index >= 15 is 0 Å². The lowest BCUT2D eigenvalue weighted by molar-refractivity contribution is -0.125. The molecule has 0 aromatic heterocycles. The Labute approximate surface area is 147 Å². The van der Waals surface area contributed by atoms with Crippen molar-refractivity contribution >= 4 is 11.8 Å². The summed E-state index contributed by atoms with van der Waals surface area (Å²) >= 11 is 0. The molecule has 130 valence electrons. The van der Waals surface area contributed by atoms with E-state index in [1.54, 1.807) is 0 Å². The van der Waals surface area contributed by atoms with Gasteiger partial charge >= 0.3 is 0 Å². The van der Waals surface area contributed by atoms with Gasteiger partial charge in [0.25, 0.3) is 0 Å². The summed E-state index contributed by atoms with van der Waals surface area (Å²) < 4.78 is 0. The summed E-state index contributed by atoms with van der Waals surface area (Å²) in [6.07, 6.45) is 9.54. The second kappa shape index (κ2) is 6.75. The smallest absolute Gasteiger partial charge is 0.242 e. The fourth-order valence-corrected chi connectivity index (χ4v) is 3.66. The average molecular weight is 337 g/mol. The number of hydrogen-bond acceptors (Lipinski definition) is 3. The number of nitrogens with one attached hydrogen (secondary N) is 2. The lowest BCUT2D eigenvalue weighted by atomic mass is 10.00. The van der Waals surface area contributed by atoms with Crippen LogP contribution < -0.4 is 10.6 Å². The van der Waals surface area contributed by atoms with Crippen LogP contribution in [0.5, 0.6) is 0 Å². The van der Waals surface area contributed by atoms with Gasteiger partial charge in [-0.1, -0.05) is 24.3 Å². The molecule has 5 nitrogen and oxygen atoms in total. The van der Waals surface area contributed by atoms with Crippen LogP contribution in [0.3, 0.4) is 0 Å². The van der Waals surface area contributed by atoms with Gasteiger partial charge in [0.05, 0.1) is 0 Å². The molecule has 1 atom stereocenters. The Morgan fingerprint density at radius 2 is 2.00 bits per heavy atom. The van der Waals surface area contributed by atoms with E-state index in [4.69, 9.17) is 0 Å². The zero-order valence-corrected chi connectivity index (χ0v) is 14.3. The van der Waals surface area contributed by atoms with Gasteiger partial charge in [-0.25, -0.2) is 0 Å². The molecule has 1 fully saturated rings. The van der Waals surface area contributed by atoms with Crippen LogP contribution in [0.2, 0.25) is 0 Å². The highest BCUT2D eigenvalue weighted by atomic mass is 16.2. The molecule has 0 radical (unpaired) electrons. The van der Waals surface area contributed by atoms with Crippen LogP contribution in [0.25, 0.3) is 0 Å². The molecule has 1 unspecified atom stereocenters. The molecule has 2 N–H and O–H groups in total. The summed E-state index contributed by atoms with van der Waals surface area (Å²) in [6, 6.07) is 6.15. The van der Waals surface area contributed by atoms with Crippen molar-refractivity contribution < 1.29 is 9.59 Å². The first kappa shape index (κ1) is 15.9.